The van der Waals surface area contributed by atoms with E-state index in [1.54, 1.807) is 11.0 Å². The van der Waals surface area contributed by atoms with Crippen molar-refractivity contribution in [3.8, 4) is 17.2 Å². The SMILES string of the molecule is CC1(C)CC(=O)c2c(O)cc(OCC(=O)N3CCCC3)cc2O1. The van der Waals surface area contributed by atoms with Gasteiger partial charge in [0.25, 0.3) is 5.91 Å². The first-order chi connectivity index (χ1) is 10.9. The summed E-state index contributed by atoms with van der Waals surface area (Å²) in [7, 11) is 0. The van der Waals surface area contributed by atoms with Crippen molar-refractivity contribution < 1.29 is 24.2 Å². The van der Waals surface area contributed by atoms with Crippen molar-refractivity contribution in [3.63, 3.8) is 0 Å². The van der Waals surface area contributed by atoms with Crippen molar-refractivity contribution in [2.45, 2.75) is 38.7 Å². The lowest BCUT2D eigenvalue weighted by Crippen LogP contribution is -2.36. The number of hydrogen-bond donors (Lipinski definition) is 1. The topological polar surface area (TPSA) is 76.1 Å². The van der Waals surface area contributed by atoms with E-state index in [9.17, 15) is 14.7 Å². The molecule has 2 heterocycles. The Bertz CT molecular complexity index is 647. The molecule has 0 unspecified atom stereocenters. The minimum atomic E-state index is -0.624. The standard InChI is InChI=1S/C17H21NO5/c1-17(2)9-13(20)16-12(19)7-11(8-14(16)23-17)22-10-15(21)18-5-3-4-6-18/h7-8,19H,3-6,9-10H2,1-2H3. The van der Waals surface area contributed by atoms with Crippen molar-refractivity contribution in [2.75, 3.05) is 19.7 Å². The Kier molecular flexibility index (Phi) is 3.92. The number of amides is 1. The first kappa shape index (κ1) is 15.6. The molecule has 0 aliphatic carbocycles. The van der Waals surface area contributed by atoms with Crippen LogP contribution >= 0.6 is 0 Å². The quantitative estimate of drug-likeness (QED) is 0.923. The minimum absolute atomic E-state index is 0.0722. The average molecular weight is 319 g/mol. The monoisotopic (exact) mass is 319 g/mol. The number of ether oxygens (including phenoxy) is 2. The molecule has 6 heteroatoms. The Morgan fingerprint density at radius 2 is 2.04 bits per heavy atom. The van der Waals surface area contributed by atoms with Gasteiger partial charge in [-0.25, -0.2) is 0 Å². The predicted molar refractivity (Wildman–Crippen MR) is 83.1 cm³/mol. The highest BCUT2D eigenvalue weighted by atomic mass is 16.5. The van der Waals surface area contributed by atoms with E-state index in [1.165, 1.54) is 6.07 Å². The van der Waals surface area contributed by atoms with E-state index < -0.39 is 5.60 Å². The zero-order chi connectivity index (χ0) is 16.6. The fraction of sp³-hybridized carbons (Fsp3) is 0.529. The van der Waals surface area contributed by atoms with Crippen LogP contribution < -0.4 is 9.47 Å². The molecule has 23 heavy (non-hydrogen) atoms. The third kappa shape index (κ3) is 3.25. The summed E-state index contributed by atoms with van der Waals surface area (Å²) < 4.78 is 11.2. The highest BCUT2D eigenvalue weighted by Gasteiger charge is 2.35. The van der Waals surface area contributed by atoms with Crippen LogP contribution in [0, 0.1) is 0 Å². The number of likely N-dealkylation sites (tertiary alicyclic amines) is 1. The zero-order valence-electron chi connectivity index (χ0n) is 13.4. The fourth-order valence-corrected chi connectivity index (χ4v) is 3.03. The van der Waals surface area contributed by atoms with Gasteiger partial charge in [0.15, 0.2) is 12.4 Å². The maximum atomic E-state index is 12.1. The normalized spacial score (nSPS) is 19.2. The molecule has 1 saturated heterocycles. The van der Waals surface area contributed by atoms with E-state index >= 15 is 0 Å². The van der Waals surface area contributed by atoms with Gasteiger partial charge in [-0.1, -0.05) is 0 Å². The van der Waals surface area contributed by atoms with Crippen molar-refractivity contribution in [2.24, 2.45) is 0 Å². The van der Waals surface area contributed by atoms with Crippen molar-refractivity contribution in [3.05, 3.63) is 17.7 Å². The fourth-order valence-electron chi connectivity index (χ4n) is 3.03. The third-order valence-corrected chi connectivity index (χ3v) is 4.13. The number of benzene rings is 1. The van der Waals surface area contributed by atoms with Crippen molar-refractivity contribution in [1.29, 1.82) is 0 Å². The molecule has 1 amide bonds. The van der Waals surface area contributed by atoms with Crippen LogP contribution in [-0.2, 0) is 4.79 Å². The maximum absolute atomic E-state index is 12.1. The number of phenolic OH excluding ortho intramolecular Hbond substituents is 1. The summed E-state index contributed by atoms with van der Waals surface area (Å²) in [5.41, 5.74) is -0.442. The smallest absolute Gasteiger partial charge is 0.260 e. The molecule has 1 N–H and O–H groups in total. The number of Topliss-reactive ketones (excluding diaryl/α,β-unsaturated/α-hetero) is 1. The number of carbonyl (C=O) groups is 2. The lowest BCUT2D eigenvalue weighted by molar-refractivity contribution is -0.132. The van der Waals surface area contributed by atoms with Gasteiger partial charge in [0.2, 0.25) is 0 Å². The van der Waals surface area contributed by atoms with Gasteiger partial charge < -0.3 is 19.5 Å². The Morgan fingerprint density at radius 1 is 1.35 bits per heavy atom. The Labute approximate surface area is 135 Å². The number of hydrogen-bond acceptors (Lipinski definition) is 5. The van der Waals surface area contributed by atoms with Crippen LogP contribution in [0.1, 0.15) is 43.5 Å². The van der Waals surface area contributed by atoms with Gasteiger partial charge in [-0.3, -0.25) is 9.59 Å². The molecule has 0 spiro atoms. The molecule has 2 aliphatic rings. The molecule has 1 aromatic carbocycles. The Morgan fingerprint density at radius 3 is 2.74 bits per heavy atom. The number of phenols is 1. The zero-order valence-corrected chi connectivity index (χ0v) is 13.4. The highest BCUT2D eigenvalue weighted by molar-refractivity contribution is 6.03. The summed E-state index contributed by atoms with van der Waals surface area (Å²) in [5.74, 6) is 0.214. The molecule has 0 radical (unpaired) electrons. The molecular formula is C17H21NO5. The molecule has 0 aromatic heterocycles. The molecule has 0 atom stereocenters. The van der Waals surface area contributed by atoms with Crippen LogP contribution in [0.5, 0.6) is 17.2 Å². The highest BCUT2D eigenvalue weighted by Crippen LogP contribution is 2.40. The van der Waals surface area contributed by atoms with Crippen LogP contribution in [-0.4, -0.2) is 47.0 Å². The number of aromatic hydroxyl groups is 1. The van der Waals surface area contributed by atoms with E-state index in [0.717, 1.165) is 25.9 Å². The largest absolute Gasteiger partial charge is 0.507 e. The van der Waals surface area contributed by atoms with Crippen LogP contribution in [0.25, 0.3) is 0 Å². The molecule has 3 rings (SSSR count). The van der Waals surface area contributed by atoms with Gasteiger partial charge in [0, 0.05) is 25.2 Å². The average Bonchev–Trinajstić information content (AvgIpc) is 2.96. The van der Waals surface area contributed by atoms with E-state index in [1.807, 2.05) is 13.8 Å². The molecule has 0 bridgehead atoms. The second-order valence-corrected chi connectivity index (χ2v) is 6.65. The van der Waals surface area contributed by atoms with Crippen molar-refractivity contribution in [1.82, 2.24) is 4.90 Å². The van der Waals surface area contributed by atoms with Crippen LogP contribution in [0.3, 0.4) is 0 Å². The van der Waals surface area contributed by atoms with Gasteiger partial charge >= 0.3 is 0 Å². The maximum Gasteiger partial charge on any atom is 0.260 e. The van der Waals surface area contributed by atoms with E-state index in [0.29, 0.717) is 11.5 Å². The summed E-state index contributed by atoms with van der Waals surface area (Å²) in [6.45, 7) is 5.08. The third-order valence-electron chi connectivity index (χ3n) is 4.13. The molecule has 2 aliphatic heterocycles. The number of carbonyl (C=O) groups excluding carboxylic acids is 2. The minimum Gasteiger partial charge on any atom is -0.507 e. The van der Waals surface area contributed by atoms with Crippen LogP contribution in [0.4, 0.5) is 0 Å². The summed E-state index contributed by atoms with van der Waals surface area (Å²) in [5, 5.41) is 10.1. The lowest BCUT2D eigenvalue weighted by Gasteiger charge is -2.32. The van der Waals surface area contributed by atoms with Crippen LogP contribution in [0.15, 0.2) is 12.1 Å². The van der Waals surface area contributed by atoms with E-state index in [-0.39, 0.29) is 36.0 Å². The Balaban J connectivity index is 1.75. The van der Waals surface area contributed by atoms with Gasteiger partial charge in [-0.15, -0.1) is 0 Å². The second kappa shape index (κ2) is 5.76. The van der Waals surface area contributed by atoms with E-state index in [4.69, 9.17) is 9.47 Å². The first-order valence-electron chi connectivity index (χ1n) is 7.85. The van der Waals surface area contributed by atoms with Crippen molar-refractivity contribution >= 4 is 11.7 Å². The molecule has 1 fully saturated rings. The summed E-state index contributed by atoms with van der Waals surface area (Å²) in [6, 6.07) is 2.92. The van der Waals surface area contributed by atoms with Gasteiger partial charge in [-0.05, 0) is 26.7 Å². The summed E-state index contributed by atoms with van der Waals surface area (Å²) in [4.78, 5) is 25.9. The van der Waals surface area contributed by atoms with Gasteiger partial charge in [-0.2, -0.15) is 0 Å². The van der Waals surface area contributed by atoms with E-state index in [2.05, 4.69) is 0 Å². The number of nitrogens with zero attached hydrogens (tertiary/aromatic N) is 1. The second-order valence-electron chi connectivity index (χ2n) is 6.65. The Hall–Kier alpha value is -2.24. The summed E-state index contributed by atoms with van der Waals surface area (Å²) >= 11 is 0. The molecule has 6 nitrogen and oxygen atoms in total. The lowest BCUT2D eigenvalue weighted by atomic mass is 9.92. The summed E-state index contributed by atoms with van der Waals surface area (Å²) in [6.07, 6.45) is 2.26. The number of rotatable bonds is 3. The predicted octanol–water partition coefficient (Wildman–Crippen LogP) is 2.14. The molecular weight excluding hydrogens is 298 g/mol. The first-order valence-corrected chi connectivity index (χ1v) is 7.85. The number of fused-ring (bicyclic) bond motifs is 1. The molecule has 0 saturated carbocycles. The van der Waals surface area contributed by atoms with Crippen LogP contribution in [0.2, 0.25) is 0 Å². The molecule has 124 valence electrons. The number of ketones is 1. The molecule has 1 aromatic rings. The van der Waals surface area contributed by atoms with Gasteiger partial charge in [0.05, 0.1) is 6.42 Å². The van der Waals surface area contributed by atoms with Gasteiger partial charge in [0.1, 0.15) is 28.4 Å².